The number of nitrogens with zero attached hydrogens (tertiary/aromatic N) is 4. The van der Waals surface area contributed by atoms with Gasteiger partial charge in [-0.2, -0.15) is 5.10 Å². The number of halogens is 1. The number of carbonyl (C=O) groups is 2. The molecule has 12 heteroatoms. The van der Waals surface area contributed by atoms with E-state index in [2.05, 4.69) is 26.0 Å². The summed E-state index contributed by atoms with van der Waals surface area (Å²) in [5.41, 5.74) is 3.06. The zero-order valence-electron chi connectivity index (χ0n) is 19.9. The predicted molar refractivity (Wildman–Crippen MR) is 128 cm³/mol. The second-order valence-corrected chi connectivity index (χ2v) is 8.78. The number of allylic oxidation sites excluding steroid dienone is 1. The smallest absolute Gasteiger partial charge is 0.407 e. The second-order valence-electron chi connectivity index (χ2n) is 8.78. The molecule has 3 aromatic rings. The SMILES string of the molecule is COC(=O)NC1CC=C(c2cn3ncc4c3nc2NCc2cc(F)cnc2OC(C)CNC4=O)CC1. The van der Waals surface area contributed by atoms with Gasteiger partial charge in [-0.25, -0.2) is 23.7 Å². The molecule has 0 fully saturated rings. The summed E-state index contributed by atoms with van der Waals surface area (Å²) in [6, 6.07) is 1.34. The van der Waals surface area contributed by atoms with Gasteiger partial charge in [0, 0.05) is 29.9 Å². The maximum Gasteiger partial charge on any atom is 0.407 e. The Morgan fingerprint density at radius 3 is 2.94 bits per heavy atom. The molecule has 2 unspecified atom stereocenters. The van der Waals surface area contributed by atoms with Crippen LogP contribution in [0.3, 0.4) is 0 Å². The third-order valence-electron chi connectivity index (χ3n) is 6.20. The summed E-state index contributed by atoms with van der Waals surface area (Å²) in [7, 11) is 1.34. The van der Waals surface area contributed by atoms with Crippen molar-refractivity contribution in [2.24, 2.45) is 0 Å². The van der Waals surface area contributed by atoms with E-state index in [1.54, 1.807) is 11.4 Å². The molecule has 5 rings (SSSR count). The maximum absolute atomic E-state index is 14.0. The van der Waals surface area contributed by atoms with Crippen molar-refractivity contribution in [2.45, 2.75) is 44.9 Å². The fourth-order valence-electron chi connectivity index (χ4n) is 4.32. The lowest BCUT2D eigenvalue weighted by Gasteiger charge is -2.24. The highest BCUT2D eigenvalue weighted by molar-refractivity contribution is 6.00. The van der Waals surface area contributed by atoms with Crippen molar-refractivity contribution in [3.63, 3.8) is 0 Å². The molecule has 3 aromatic heterocycles. The van der Waals surface area contributed by atoms with Gasteiger partial charge in [0.1, 0.15) is 23.3 Å². The Balaban J connectivity index is 1.54. The molecule has 0 aromatic carbocycles. The van der Waals surface area contributed by atoms with Crippen molar-refractivity contribution in [1.82, 2.24) is 30.2 Å². The van der Waals surface area contributed by atoms with Crippen LogP contribution in [-0.2, 0) is 11.3 Å². The number of fused-ring (bicyclic) bond motifs is 2. The van der Waals surface area contributed by atoms with Gasteiger partial charge in [0.2, 0.25) is 5.88 Å². The first-order valence-corrected chi connectivity index (χ1v) is 11.7. The van der Waals surface area contributed by atoms with Crippen LogP contribution in [0.5, 0.6) is 5.88 Å². The number of amides is 2. The monoisotopic (exact) mass is 495 g/mol. The molecule has 0 saturated heterocycles. The van der Waals surface area contributed by atoms with Gasteiger partial charge < -0.3 is 25.4 Å². The van der Waals surface area contributed by atoms with Crippen molar-refractivity contribution in [3.05, 3.63) is 53.2 Å². The zero-order chi connectivity index (χ0) is 25.2. The summed E-state index contributed by atoms with van der Waals surface area (Å²) in [5, 5.41) is 13.3. The van der Waals surface area contributed by atoms with Crippen molar-refractivity contribution in [1.29, 1.82) is 0 Å². The molecule has 36 heavy (non-hydrogen) atoms. The van der Waals surface area contributed by atoms with E-state index in [1.807, 2.05) is 12.3 Å². The molecule has 4 heterocycles. The first-order chi connectivity index (χ1) is 17.4. The van der Waals surface area contributed by atoms with Crippen LogP contribution in [0.25, 0.3) is 11.2 Å². The van der Waals surface area contributed by atoms with E-state index in [9.17, 15) is 14.0 Å². The first-order valence-electron chi connectivity index (χ1n) is 11.7. The maximum atomic E-state index is 14.0. The van der Waals surface area contributed by atoms with Crippen molar-refractivity contribution in [3.8, 4) is 5.88 Å². The average molecular weight is 496 g/mol. The lowest BCUT2D eigenvalue weighted by atomic mass is 9.91. The predicted octanol–water partition coefficient (Wildman–Crippen LogP) is 2.68. The summed E-state index contributed by atoms with van der Waals surface area (Å²) < 4.78 is 26.2. The number of nitrogens with one attached hydrogen (secondary N) is 3. The fourth-order valence-corrected chi connectivity index (χ4v) is 4.32. The van der Waals surface area contributed by atoms with Crippen molar-refractivity contribution >= 4 is 29.0 Å². The third kappa shape index (κ3) is 4.79. The van der Waals surface area contributed by atoms with Crippen LogP contribution in [-0.4, -0.2) is 57.4 Å². The normalized spacial score (nSPS) is 20.0. The molecule has 11 nitrogen and oxygen atoms in total. The number of alkyl carbamates (subject to hydrolysis) is 1. The molecular formula is C24H26FN7O4. The fraction of sp³-hybridized carbons (Fsp3) is 0.375. The van der Waals surface area contributed by atoms with Crippen LogP contribution in [0.4, 0.5) is 15.0 Å². The van der Waals surface area contributed by atoms with Crippen LogP contribution in [0, 0.1) is 5.82 Å². The molecule has 188 valence electrons. The number of ether oxygens (including phenoxy) is 2. The Hall–Kier alpha value is -4.22. The van der Waals surface area contributed by atoms with Crippen LogP contribution >= 0.6 is 0 Å². The van der Waals surface area contributed by atoms with Gasteiger partial charge in [-0.15, -0.1) is 0 Å². The summed E-state index contributed by atoms with van der Waals surface area (Å²) in [6.45, 7) is 2.22. The lowest BCUT2D eigenvalue weighted by molar-refractivity contribution is 0.0932. The van der Waals surface area contributed by atoms with E-state index in [1.165, 1.54) is 19.4 Å². The molecule has 1 aliphatic carbocycles. The van der Waals surface area contributed by atoms with Crippen LogP contribution in [0.1, 0.15) is 47.7 Å². The molecule has 0 spiro atoms. The number of hydrogen-bond acceptors (Lipinski definition) is 8. The van der Waals surface area contributed by atoms with E-state index in [-0.39, 0.29) is 30.9 Å². The van der Waals surface area contributed by atoms with Gasteiger partial charge in [-0.05, 0) is 37.8 Å². The zero-order valence-corrected chi connectivity index (χ0v) is 19.9. The molecular weight excluding hydrogens is 469 g/mol. The molecule has 0 saturated carbocycles. The number of methoxy groups -OCH3 is 1. The molecule has 2 amide bonds. The highest BCUT2D eigenvalue weighted by Crippen LogP contribution is 2.32. The van der Waals surface area contributed by atoms with E-state index < -0.39 is 18.0 Å². The molecule has 0 radical (unpaired) electrons. The molecule has 1 aliphatic heterocycles. The summed E-state index contributed by atoms with van der Waals surface area (Å²) >= 11 is 0. The Morgan fingerprint density at radius 1 is 1.31 bits per heavy atom. The Morgan fingerprint density at radius 2 is 2.17 bits per heavy atom. The summed E-state index contributed by atoms with van der Waals surface area (Å²) in [4.78, 5) is 33.3. The van der Waals surface area contributed by atoms with Crippen LogP contribution in [0.15, 0.2) is 30.7 Å². The average Bonchev–Trinajstić information content (AvgIpc) is 3.29. The largest absolute Gasteiger partial charge is 0.473 e. The number of rotatable bonds is 2. The summed E-state index contributed by atoms with van der Waals surface area (Å²) in [6.07, 6.45) is 7.61. The number of carbonyl (C=O) groups excluding carboxylic acids is 2. The first kappa shape index (κ1) is 23.5. The van der Waals surface area contributed by atoms with E-state index in [0.29, 0.717) is 35.4 Å². The minimum absolute atomic E-state index is 0.0315. The van der Waals surface area contributed by atoms with Crippen molar-refractivity contribution in [2.75, 3.05) is 19.0 Å². The van der Waals surface area contributed by atoms with Crippen LogP contribution in [0.2, 0.25) is 0 Å². The number of pyridine rings is 1. The molecule has 3 N–H and O–H groups in total. The Labute approximate surface area is 206 Å². The molecule has 2 atom stereocenters. The topological polar surface area (TPSA) is 132 Å². The number of anilines is 1. The molecule has 2 bridgehead atoms. The Kier molecular flexibility index (Phi) is 6.40. The van der Waals surface area contributed by atoms with Crippen LogP contribution < -0.4 is 20.7 Å². The van der Waals surface area contributed by atoms with Gasteiger partial charge in [-0.1, -0.05) is 6.08 Å². The standard InChI is InChI=1S/C24H26FN7O4/c1-13-8-27-22(33)18-11-29-32-12-19(14-3-5-17(6-4-14)30-24(34)35-2)20(31-21(18)32)26-9-15-7-16(25)10-28-23(15)36-13/h3,7,10-13,17H,4-6,8-9H2,1-2H3,(H,26,31)(H,27,33)(H,30,34). The second kappa shape index (κ2) is 9.80. The highest BCUT2D eigenvalue weighted by atomic mass is 19.1. The van der Waals surface area contributed by atoms with Gasteiger partial charge in [0.25, 0.3) is 5.91 Å². The minimum Gasteiger partial charge on any atom is -0.473 e. The summed E-state index contributed by atoms with van der Waals surface area (Å²) in [5.74, 6) is -0.00798. The third-order valence-corrected chi connectivity index (χ3v) is 6.20. The van der Waals surface area contributed by atoms with E-state index in [4.69, 9.17) is 14.5 Å². The van der Waals surface area contributed by atoms with Crippen molar-refractivity contribution < 1.29 is 23.5 Å². The van der Waals surface area contributed by atoms with Gasteiger partial charge in [-0.3, -0.25) is 4.79 Å². The minimum atomic E-state index is -0.481. The van der Waals surface area contributed by atoms with Gasteiger partial charge in [0.05, 0.1) is 26.0 Å². The van der Waals surface area contributed by atoms with E-state index in [0.717, 1.165) is 23.8 Å². The quantitative estimate of drug-likeness (QED) is 0.495. The lowest BCUT2D eigenvalue weighted by Crippen LogP contribution is -2.35. The van der Waals surface area contributed by atoms with E-state index >= 15 is 0 Å². The Bertz CT molecular complexity index is 1360. The number of aromatic nitrogens is 4. The van der Waals surface area contributed by atoms with Gasteiger partial charge in [0.15, 0.2) is 5.65 Å². The number of hydrogen-bond donors (Lipinski definition) is 3. The molecule has 2 aliphatic rings. The highest BCUT2D eigenvalue weighted by Gasteiger charge is 2.23. The van der Waals surface area contributed by atoms with Gasteiger partial charge >= 0.3 is 6.09 Å².